The number of non-ortho nitro benzene ring substituents is 1. The van der Waals surface area contributed by atoms with Crippen molar-refractivity contribution < 1.29 is 33.5 Å². The van der Waals surface area contributed by atoms with E-state index in [2.05, 4.69) is 4.99 Å². The summed E-state index contributed by atoms with van der Waals surface area (Å²) in [7, 11) is 1.55. The molecule has 1 fully saturated rings. The van der Waals surface area contributed by atoms with E-state index < -0.39 is 40.3 Å². The largest absolute Gasteiger partial charge is 0.497 e. The van der Waals surface area contributed by atoms with Gasteiger partial charge in [0.05, 0.1) is 12.0 Å². The van der Waals surface area contributed by atoms with Crippen LogP contribution in [0.1, 0.15) is 25.0 Å². The second-order valence-corrected chi connectivity index (χ2v) is 9.64. The van der Waals surface area contributed by atoms with Crippen LogP contribution in [0, 0.1) is 10.1 Å². The minimum atomic E-state index is -0.745. The molecular formula is C26H25N3O8S. The molecule has 0 aromatic heterocycles. The molecule has 1 amide bonds. The van der Waals surface area contributed by atoms with Gasteiger partial charge in [-0.25, -0.2) is 4.79 Å². The Labute approximate surface area is 222 Å². The van der Waals surface area contributed by atoms with Gasteiger partial charge in [0, 0.05) is 36.6 Å². The number of amides is 1. The number of carbonyl (C=O) groups is 3. The number of ether oxygens (including phenoxy) is 3. The van der Waals surface area contributed by atoms with Crippen molar-refractivity contribution in [2.24, 2.45) is 4.99 Å². The molecule has 4 rings (SSSR count). The average Bonchev–Trinajstić information content (AvgIpc) is 2.91. The lowest BCUT2D eigenvalue weighted by atomic mass is 10.0. The smallest absolute Gasteiger partial charge is 0.355 e. The van der Waals surface area contributed by atoms with Crippen molar-refractivity contribution in [3.8, 4) is 5.75 Å². The maximum absolute atomic E-state index is 13.3. The summed E-state index contributed by atoms with van der Waals surface area (Å²) >= 11 is 1.40. The van der Waals surface area contributed by atoms with Crippen LogP contribution in [-0.4, -0.2) is 64.3 Å². The highest BCUT2D eigenvalue weighted by Crippen LogP contribution is 2.43. The molecule has 38 heavy (non-hydrogen) atoms. The average molecular weight is 540 g/mol. The fraction of sp³-hybridized carbons (Fsp3) is 0.308. The van der Waals surface area contributed by atoms with Crippen LogP contribution < -0.4 is 4.74 Å². The molecule has 12 heteroatoms. The van der Waals surface area contributed by atoms with Crippen LogP contribution in [0.4, 0.5) is 5.69 Å². The zero-order valence-corrected chi connectivity index (χ0v) is 21.7. The zero-order valence-electron chi connectivity index (χ0n) is 20.9. The molecule has 0 N–H and O–H groups in total. The molecule has 0 spiro atoms. The van der Waals surface area contributed by atoms with Crippen LogP contribution in [0.25, 0.3) is 0 Å². The lowest BCUT2D eigenvalue weighted by Gasteiger charge is -2.48. The number of nitrogens with zero attached hydrogens (tertiary/aromatic N) is 3. The van der Waals surface area contributed by atoms with E-state index in [0.717, 1.165) is 5.56 Å². The van der Waals surface area contributed by atoms with Gasteiger partial charge in [0.15, 0.2) is 6.04 Å². The molecular weight excluding hydrogens is 514 g/mol. The topological polar surface area (TPSA) is 138 Å². The minimum Gasteiger partial charge on any atom is -0.497 e. The number of nitro benzene ring substituents is 1. The molecule has 0 bridgehead atoms. The van der Waals surface area contributed by atoms with Crippen molar-refractivity contribution in [1.82, 2.24) is 4.90 Å². The highest BCUT2D eigenvalue weighted by Gasteiger charge is 2.54. The number of methoxy groups -OCH3 is 1. The van der Waals surface area contributed by atoms with Crippen molar-refractivity contribution in [3.05, 3.63) is 81.0 Å². The summed E-state index contributed by atoms with van der Waals surface area (Å²) in [5, 5.41) is 10.4. The number of thioether (sulfide) groups is 1. The van der Waals surface area contributed by atoms with Crippen molar-refractivity contribution in [1.29, 1.82) is 0 Å². The van der Waals surface area contributed by atoms with Crippen LogP contribution in [0.15, 0.2) is 64.8 Å². The molecule has 2 aliphatic rings. The van der Waals surface area contributed by atoms with Gasteiger partial charge in [0.1, 0.15) is 29.5 Å². The Kier molecular flexibility index (Phi) is 8.10. The summed E-state index contributed by atoms with van der Waals surface area (Å²) in [5.74, 6) is -0.613. The number of fused-ring (bicyclic) bond motifs is 1. The molecule has 0 aliphatic carbocycles. The van der Waals surface area contributed by atoms with Gasteiger partial charge in [-0.2, -0.15) is 0 Å². The van der Waals surface area contributed by atoms with Gasteiger partial charge in [0.25, 0.3) is 11.6 Å². The van der Waals surface area contributed by atoms with Gasteiger partial charge in [-0.05, 0) is 42.3 Å². The van der Waals surface area contributed by atoms with E-state index in [0.29, 0.717) is 22.6 Å². The normalized spacial score (nSPS) is 19.4. The van der Waals surface area contributed by atoms with E-state index in [9.17, 15) is 24.5 Å². The molecule has 2 aliphatic heterocycles. The quantitative estimate of drug-likeness (QED) is 0.155. The summed E-state index contributed by atoms with van der Waals surface area (Å²) in [6.07, 6.45) is 0.743. The molecule has 198 valence electrons. The number of aliphatic imine (C=N–C) groups is 1. The van der Waals surface area contributed by atoms with Crippen molar-refractivity contribution in [3.63, 3.8) is 0 Å². The van der Waals surface area contributed by atoms with E-state index in [1.165, 1.54) is 54.1 Å². The Bertz CT molecular complexity index is 1310. The number of carbonyl (C=O) groups excluding carboxylic acids is 3. The van der Waals surface area contributed by atoms with Gasteiger partial charge in [-0.3, -0.25) is 29.6 Å². The van der Waals surface area contributed by atoms with Crippen molar-refractivity contribution in [2.75, 3.05) is 12.9 Å². The monoisotopic (exact) mass is 539 g/mol. The van der Waals surface area contributed by atoms with E-state index in [1.54, 1.807) is 38.3 Å². The van der Waals surface area contributed by atoms with Crippen LogP contribution in [0.2, 0.25) is 0 Å². The van der Waals surface area contributed by atoms with Crippen LogP contribution in [-0.2, 0) is 30.5 Å². The SMILES string of the molecule is COc1ccc(COC(=O)C2=C(C(C)OC(C)=O)CS[C@H]3[C@H](N=Cc4ccc([N+](=O)[O-])cc4)C(=O)N23)cc1. The van der Waals surface area contributed by atoms with Crippen LogP contribution >= 0.6 is 11.8 Å². The van der Waals surface area contributed by atoms with Gasteiger partial charge in [0.2, 0.25) is 0 Å². The Morgan fingerprint density at radius 1 is 1.21 bits per heavy atom. The van der Waals surface area contributed by atoms with E-state index in [1.807, 2.05) is 0 Å². The number of hydrogen-bond acceptors (Lipinski definition) is 10. The van der Waals surface area contributed by atoms with Crippen LogP contribution in [0.5, 0.6) is 5.75 Å². The highest BCUT2D eigenvalue weighted by atomic mass is 32.2. The number of β-lactam (4-membered cyclic amide) rings is 1. The Morgan fingerprint density at radius 3 is 2.50 bits per heavy atom. The van der Waals surface area contributed by atoms with Gasteiger partial charge < -0.3 is 14.2 Å². The number of hydrogen-bond donors (Lipinski definition) is 0. The van der Waals surface area contributed by atoms with E-state index in [-0.39, 0.29) is 18.0 Å². The molecule has 3 atom stereocenters. The fourth-order valence-electron chi connectivity index (χ4n) is 4.03. The number of nitro groups is 1. The molecule has 2 heterocycles. The third-order valence-electron chi connectivity index (χ3n) is 6.01. The predicted octanol–water partition coefficient (Wildman–Crippen LogP) is 3.26. The molecule has 1 saturated heterocycles. The lowest BCUT2D eigenvalue weighted by molar-refractivity contribution is -0.384. The predicted molar refractivity (Wildman–Crippen MR) is 139 cm³/mol. The van der Waals surface area contributed by atoms with E-state index >= 15 is 0 Å². The van der Waals surface area contributed by atoms with E-state index in [4.69, 9.17) is 14.2 Å². The molecule has 2 aromatic rings. The first-order valence-corrected chi connectivity index (χ1v) is 12.7. The Hall–Kier alpha value is -4.19. The molecule has 0 radical (unpaired) electrons. The number of benzene rings is 2. The third-order valence-corrected chi connectivity index (χ3v) is 7.30. The Balaban J connectivity index is 1.53. The second kappa shape index (κ2) is 11.5. The first-order valence-electron chi connectivity index (χ1n) is 11.6. The standard InChI is InChI=1S/C26H25N3O8S/c1-15(37-16(2)30)21-14-38-25-22(27-12-17-4-8-19(9-5-17)29(33)34)24(31)28(25)23(21)26(32)36-13-18-6-10-20(35-3)11-7-18/h4-12,15,22,25H,13-14H2,1-3H3/t15?,22-,25+/m1/s1. The molecule has 0 saturated carbocycles. The second-order valence-electron chi connectivity index (χ2n) is 8.53. The molecule has 1 unspecified atom stereocenters. The van der Waals surface area contributed by atoms with Crippen molar-refractivity contribution >= 4 is 41.5 Å². The minimum absolute atomic E-state index is 0.0247. The first kappa shape index (κ1) is 26.9. The highest BCUT2D eigenvalue weighted by molar-refractivity contribution is 8.00. The molecule has 2 aromatic carbocycles. The zero-order chi connectivity index (χ0) is 27.4. The van der Waals surface area contributed by atoms with Crippen molar-refractivity contribution in [2.45, 2.75) is 38.0 Å². The van der Waals surface area contributed by atoms with Gasteiger partial charge in [-0.1, -0.05) is 12.1 Å². The fourth-order valence-corrected chi connectivity index (χ4v) is 5.48. The summed E-state index contributed by atoms with van der Waals surface area (Å²) in [4.78, 5) is 54.1. The number of esters is 2. The summed E-state index contributed by atoms with van der Waals surface area (Å²) in [6, 6.07) is 12.1. The maximum Gasteiger partial charge on any atom is 0.355 e. The maximum atomic E-state index is 13.3. The Morgan fingerprint density at radius 2 is 1.89 bits per heavy atom. The summed E-state index contributed by atoms with van der Waals surface area (Å²) < 4.78 is 16.0. The number of rotatable bonds is 9. The lowest BCUT2D eigenvalue weighted by Crippen LogP contribution is -2.64. The van der Waals surface area contributed by atoms with Crippen LogP contribution in [0.3, 0.4) is 0 Å². The van der Waals surface area contributed by atoms with Gasteiger partial charge >= 0.3 is 11.9 Å². The van der Waals surface area contributed by atoms with Gasteiger partial charge in [-0.15, -0.1) is 11.8 Å². The summed E-state index contributed by atoms with van der Waals surface area (Å²) in [6.45, 7) is 2.89. The summed E-state index contributed by atoms with van der Waals surface area (Å²) in [5.41, 5.74) is 1.82. The third kappa shape index (κ3) is 5.70. The first-order chi connectivity index (χ1) is 18.2. The molecule has 11 nitrogen and oxygen atoms in total.